The standard InChI is InChI=1S/C25H22Cl2N2O3/c1-32-19-10-8-18(9-11-19)28-22-14-23(20-12-7-17(26)13-21(20)27)29(15-24(22)30)25(31)16-5-3-2-4-6-16/h2-14,22,24,28,30H,15H2,1H3/t22-,24-/m0/s1. The van der Waals surface area contributed by atoms with E-state index in [4.69, 9.17) is 27.9 Å². The summed E-state index contributed by atoms with van der Waals surface area (Å²) in [4.78, 5) is 14.9. The highest BCUT2D eigenvalue weighted by Gasteiger charge is 2.33. The van der Waals surface area contributed by atoms with Crippen molar-refractivity contribution in [1.29, 1.82) is 0 Å². The molecule has 0 unspecified atom stereocenters. The fourth-order valence-corrected chi connectivity index (χ4v) is 4.15. The van der Waals surface area contributed by atoms with Crippen LogP contribution in [-0.2, 0) is 0 Å². The van der Waals surface area contributed by atoms with Gasteiger partial charge in [-0.3, -0.25) is 4.79 Å². The molecule has 3 aromatic rings. The van der Waals surface area contributed by atoms with E-state index in [1.807, 2.05) is 36.4 Å². The van der Waals surface area contributed by atoms with Gasteiger partial charge in [-0.1, -0.05) is 41.4 Å². The van der Waals surface area contributed by atoms with Gasteiger partial charge in [0.1, 0.15) is 5.75 Å². The Morgan fingerprint density at radius 2 is 1.78 bits per heavy atom. The van der Waals surface area contributed by atoms with Crippen molar-refractivity contribution in [3.63, 3.8) is 0 Å². The van der Waals surface area contributed by atoms with Crippen LogP contribution in [0.3, 0.4) is 0 Å². The molecule has 0 saturated heterocycles. The zero-order valence-corrected chi connectivity index (χ0v) is 18.8. The second-order valence-corrected chi connectivity index (χ2v) is 8.27. The summed E-state index contributed by atoms with van der Waals surface area (Å²) in [6.45, 7) is 0.104. The largest absolute Gasteiger partial charge is 0.497 e. The van der Waals surface area contributed by atoms with Crippen molar-refractivity contribution in [3.8, 4) is 5.75 Å². The molecule has 1 heterocycles. The van der Waals surface area contributed by atoms with E-state index in [0.29, 0.717) is 26.9 Å². The molecule has 1 aliphatic heterocycles. The molecule has 7 heteroatoms. The Labute approximate surface area is 196 Å². The quantitative estimate of drug-likeness (QED) is 0.530. The minimum Gasteiger partial charge on any atom is -0.497 e. The molecule has 2 N–H and O–H groups in total. The summed E-state index contributed by atoms with van der Waals surface area (Å²) < 4.78 is 5.20. The van der Waals surface area contributed by atoms with Crippen LogP contribution in [0, 0.1) is 0 Å². The Bertz CT molecular complexity index is 1130. The number of benzene rings is 3. The van der Waals surface area contributed by atoms with Crippen LogP contribution in [0.2, 0.25) is 10.0 Å². The number of nitrogens with zero attached hydrogens (tertiary/aromatic N) is 1. The fraction of sp³-hybridized carbons (Fsp3) is 0.160. The van der Waals surface area contributed by atoms with Gasteiger partial charge in [0.25, 0.3) is 5.91 Å². The van der Waals surface area contributed by atoms with Gasteiger partial charge in [-0.15, -0.1) is 0 Å². The summed E-state index contributed by atoms with van der Waals surface area (Å²) in [6.07, 6.45) is 0.994. The third-order valence-corrected chi connectivity index (χ3v) is 5.86. The molecule has 0 radical (unpaired) electrons. The predicted molar refractivity (Wildman–Crippen MR) is 128 cm³/mol. The molecule has 4 rings (SSSR count). The monoisotopic (exact) mass is 468 g/mol. The Kier molecular flexibility index (Phi) is 6.70. The molecule has 0 spiro atoms. The zero-order valence-electron chi connectivity index (χ0n) is 17.3. The van der Waals surface area contributed by atoms with Crippen molar-refractivity contribution in [1.82, 2.24) is 4.90 Å². The highest BCUT2D eigenvalue weighted by Crippen LogP contribution is 2.34. The number of β-amino-alcohol motifs (C(OH)–C–C–N with tert-alkyl or cyclic N) is 1. The second kappa shape index (κ2) is 9.65. The normalized spacial score (nSPS) is 18.1. The van der Waals surface area contributed by atoms with Gasteiger partial charge in [0, 0.05) is 21.8 Å². The van der Waals surface area contributed by atoms with Crippen molar-refractivity contribution in [2.45, 2.75) is 12.1 Å². The van der Waals surface area contributed by atoms with E-state index in [9.17, 15) is 9.90 Å². The number of carbonyl (C=O) groups is 1. The third kappa shape index (κ3) is 4.75. The average molecular weight is 469 g/mol. The fourth-order valence-electron chi connectivity index (χ4n) is 3.65. The number of anilines is 1. The molecule has 164 valence electrons. The second-order valence-electron chi connectivity index (χ2n) is 7.42. The lowest BCUT2D eigenvalue weighted by molar-refractivity contribution is 0.0708. The number of amides is 1. The first-order valence-corrected chi connectivity index (χ1v) is 10.8. The van der Waals surface area contributed by atoms with Gasteiger partial charge < -0.3 is 20.1 Å². The van der Waals surface area contributed by atoms with Crippen LogP contribution in [0.5, 0.6) is 5.75 Å². The maximum absolute atomic E-state index is 13.3. The summed E-state index contributed by atoms with van der Waals surface area (Å²) in [7, 11) is 1.61. The Morgan fingerprint density at radius 3 is 2.44 bits per heavy atom. The molecule has 0 saturated carbocycles. The number of aliphatic hydroxyl groups excluding tert-OH is 1. The summed E-state index contributed by atoms with van der Waals surface area (Å²) in [5, 5.41) is 15.1. The van der Waals surface area contributed by atoms with Gasteiger partial charge in [-0.2, -0.15) is 0 Å². The van der Waals surface area contributed by atoms with E-state index in [1.165, 1.54) is 0 Å². The van der Waals surface area contributed by atoms with E-state index in [-0.39, 0.29) is 12.5 Å². The smallest absolute Gasteiger partial charge is 0.258 e. The number of carbonyl (C=O) groups excluding carboxylic acids is 1. The molecule has 0 aromatic heterocycles. The first kappa shape index (κ1) is 22.2. The summed E-state index contributed by atoms with van der Waals surface area (Å²) in [5.74, 6) is 0.522. The SMILES string of the molecule is COc1ccc(N[C@H]2C=C(c3ccc(Cl)cc3Cl)N(C(=O)c3ccccc3)C[C@@H]2O)cc1. The van der Waals surface area contributed by atoms with Gasteiger partial charge in [0.2, 0.25) is 0 Å². The number of hydrogen-bond donors (Lipinski definition) is 2. The van der Waals surface area contributed by atoms with Crippen molar-refractivity contribution in [2.75, 3.05) is 19.0 Å². The van der Waals surface area contributed by atoms with Gasteiger partial charge in [0.05, 0.1) is 36.5 Å². The molecular formula is C25H22Cl2N2O3. The maximum atomic E-state index is 13.3. The first-order valence-electron chi connectivity index (χ1n) is 10.1. The van der Waals surface area contributed by atoms with Crippen LogP contribution in [0.1, 0.15) is 15.9 Å². The van der Waals surface area contributed by atoms with Crippen LogP contribution in [0.25, 0.3) is 5.70 Å². The van der Waals surface area contributed by atoms with Crippen molar-refractivity contribution >= 4 is 40.5 Å². The summed E-state index contributed by atoms with van der Waals surface area (Å²) >= 11 is 12.6. The molecule has 32 heavy (non-hydrogen) atoms. The number of aliphatic hydroxyl groups is 1. The summed E-state index contributed by atoms with van der Waals surface area (Å²) in [6, 6.07) is 21.1. The van der Waals surface area contributed by atoms with Gasteiger partial charge >= 0.3 is 0 Å². The topological polar surface area (TPSA) is 61.8 Å². The molecule has 0 fully saturated rings. The highest BCUT2D eigenvalue weighted by molar-refractivity contribution is 6.35. The van der Waals surface area contributed by atoms with Gasteiger partial charge in [-0.25, -0.2) is 0 Å². The number of halogens is 2. The molecule has 1 amide bonds. The number of nitrogens with one attached hydrogen (secondary N) is 1. The van der Waals surface area contributed by atoms with E-state index in [0.717, 1.165) is 11.4 Å². The lowest BCUT2D eigenvalue weighted by atomic mass is 9.97. The van der Waals surface area contributed by atoms with Crippen molar-refractivity contribution < 1.29 is 14.6 Å². The van der Waals surface area contributed by atoms with Gasteiger partial charge in [-0.05, 0) is 60.7 Å². The van der Waals surface area contributed by atoms with Gasteiger partial charge in [0.15, 0.2) is 0 Å². The molecule has 1 aliphatic rings. The highest BCUT2D eigenvalue weighted by atomic mass is 35.5. The lowest BCUT2D eigenvalue weighted by Crippen LogP contribution is -2.47. The van der Waals surface area contributed by atoms with Crippen molar-refractivity contribution in [3.05, 3.63) is 100 Å². The molecule has 3 aromatic carbocycles. The number of rotatable bonds is 5. The van der Waals surface area contributed by atoms with Crippen LogP contribution in [-0.4, -0.2) is 41.7 Å². The van der Waals surface area contributed by atoms with Crippen molar-refractivity contribution in [2.24, 2.45) is 0 Å². The Balaban J connectivity index is 1.72. The minimum atomic E-state index is -0.834. The number of ether oxygens (including phenoxy) is 1. The molecule has 0 bridgehead atoms. The first-order chi connectivity index (χ1) is 15.5. The van der Waals surface area contributed by atoms with E-state index in [1.54, 1.807) is 54.5 Å². The van der Waals surface area contributed by atoms with E-state index in [2.05, 4.69) is 5.32 Å². The number of hydrogen-bond acceptors (Lipinski definition) is 4. The van der Waals surface area contributed by atoms with Crippen LogP contribution in [0.15, 0.2) is 78.9 Å². The molecule has 2 atom stereocenters. The number of methoxy groups -OCH3 is 1. The van der Waals surface area contributed by atoms with E-state index >= 15 is 0 Å². The third-order valence-electron chi connectivity index (χ3n) is 5.31. The lowest BCUT2D eigenvalue weighted by Gasteiger charge is -2.37. The molecule has 5 nitrogen and oxygen atoms in total. The Hall–Kier alpha value is -2.99. The van der Waals surface area contributed by atoms with Crippen LogP contribution < -0.4 is 10.1 Å². The Morgan fingerprint density at radius 1 is 1.06 bits per heavy atom. The molecular weight excluding hydrogens is 447 g/mol. The summed E-state index contributed by atoms with van der Waals surface area (Å²) in [5.41, 5.74) is 2.61. The zero-order chi connectivity index (χ0) is 22.7. The minimum absolute atomic E-state index is 0.104. The van der Waals surface area contributed by atoms with Crippen LogP contribution >= 0.6 is 23.2 Å². The average Bonchev–Trinajstić information content (AvgIpc) is 2.81. The van der Waals surface area contributed by atoms with E-state index < -0.39 is 12.1 Å². The predicted octanol–water partition coefficient (Wildman–Crippen LogP) is 5.34. The molecule has 0 aliphatic carbocycles. The maximum Gasteiger partial charge on any atom is 0.258 e. The van der Waals surface area contributed by atoms with Crippen LogP contribution in [0.4, 0.5) is 5.69 Å².